The number of nitrogen functional groups attached to an aromatic ring is 1. The fourth-order valence-corrected chi connectivity index (χ4v) is 12.1. The zero-order valence-electron chi connectivity index (χ0n) is 41.8. The van der Waals surface area contributed by atoms with E-state index in [1.54, 1.807) is 72.8 Å². The molecule has 2 aliphatic carbocycles. The Morgan fingerprint density at radius 3 is 1.28 bits per heavy atom. The highest BCUT2D eigenvalue weighted by Crippen LogP contribution is 2.47. The summed E-state index contributed by atoms with van der Waals surface area (Å²) in [6.45, 7) is 0. The number of esters is 2. The van der Waals surface area contributed by atoms with Crippen molar-refractivity contribution in [2.45, 2.75) is 89.1 Å². The molecule has 0 saturated heterocycles. The normalized spacial score (nSPS) is 15.0. The van der Waals surface area contributed by atoms with Crippen molar-refractivity contribution < 1.29 is 45.5 Å². The van der Waals surface area contributed by atoms with Crippen LogP contribution in [-0.2, 0) is 51.6 Å². The number of hydrogen-bond acceptors (Lipinski definition) is 13. The summed E-state index contributed by atoms with van der Waals surface area (Å²) in [6, 6.07) is 22.7. The van der Waals surface area contributed by atoms with E-state index in [9.17, 15) is 36.0 Å². The van der Waals surface area contributed by atoms with Crippen molar-refractivity contribution in [2.24, 2.45) is 10.8 Å². The standard InChI is InChI=1S/C26H30Cl2N2O5S2.C19H28N2O4S2.C7H3Cl3O/c1-35-24(32)21(30-25(36)26(12-4-13-26)14-5-15-37(2,33)34)16-17-8-10-18(11-9-17)29-23(31)22-19(27)6-3-7-20(22)28;1-25-17(22)16(13-14-5-7-15(20)8-6-14)21-18(26)19(9-3-10-19)11-4-12-27(2,23)24;8-4-2-1-3-5(9)6(4)7(10)11/h3,6-11,21H,4-5,12-16H2,1-2H3,(H,29,31)(H,30,36);5-8,16H,3-4,9-13,20H2,1-2H3,(H,21,26);1-3H/t21-;16-;/m00./s1. The van der Waals surface area contributed by atoms with Gasteiger partial charge in [-0.1, -0.05) is 120 Å². The number of carbonyl (C=O) groups excluding carboxylic acids is 4. The van der Waals surface area contributed by atoms with Crippen LogP contribution in [0.5, 0.6) is 0 Å². The Labute approximate surface area is 475 Å². The Morgan fingerprint density at radius 2 is 0.973 bits per heavy atom. The molecular formula is C52H61Cl5N4O10S4. The highest BCUT2D eigenvalue weighted by molar-refractivity contribution is 7.90. The van der Waals surface area contributed by atoms with Crippen molar-refractivity contribution in [2.75, 3.05) is 49.3 Å². The molecule has 75 heavy (non-hydrogen) atoms. The lowest BCUT2D eigenvalue weighted by Crippen LogP contribution is -2.51. The Bertz CT molecular complexity index is 2860. The Balaban J connectivity index is 0.000000278. The molecular weight excluding hydrogens is 1150 g/mol. The van der Waals surface area contributed by atoms with Crippen LogP contribution >= 0.6 is 82.4 Å². The minimum Gasteiger partial charge on any atom is -0.467 e. The highest BCUT2D eigenvalue weighted by atomic mass is 35.5. The largest absolute Gasteiger partial charge is 0.467 e. The Kier molecular flexibility index (Phi) is 24.5. The van der Waals surface area contributed by atoms with E-state index in [-0.39, 0.29) is 59.5 Å². The molecule has 4 aromatic carbocycles. The van der Waals surface area contributed by atoms with Gasteiger partial charge in [0.2, 0.25) is 0 Å². The van der Waals surface area contributed by atoms with Gasteiger partial charge in [-0.15, -0.1) is 0 Å². The fourth-order valence-electron chi connectivity index (χ4n) is 8.47. The first-order valence-corrected chi connectivity index (χ1v) is 30.5. The number of rotatable bonds is 21. The Morgan fingerprint density at radius 1 is 0.613 bits per heavy atom. The third kappa shape index (κ3) is 19.7. The average molecular weight is 1210 g/mol. The molecule has 0 radical (unpaired) electrons. The molecule has 5 N–H and O–H groups in total. The van der Waals surface area contributed by atoms with Crippen molar-refractivity contribution in [3.05, 3.63) is 127 Å². The van der Waals surface area contributed by atoms with Gasteiger partial charge in [-0.2, -0.15) is 0 Å². The van der Waals surface area contributed by atoms with Gasteiger partial charge in [-0.05, 0) is 123 Å². The summed E-state index contributed by atoms with van der Waals surface area (Å²) in [4.78, 5) is 49.3. The van der Waals surface area contributed by atoms with Gasteiger partial charge in [0.25, 0.3) is 11.1 Å². The molecule has 0 spiro atoms. The number of nitrogens with one attached hydrogen (secondary N) is 3. The molecule has 6 rings (SSSR count). The lowest BCUT2D eigenvalue weighted by atomic mass is 9.66. The summed E-state index contributed by atoms with van der Waals surface area (Å²) < 4.78 is 55.8. The van der Waals surface area contributed by atoms with Gasteiger partial charge in [-0.3, -0.25) is 9.59 Å². The quantitative estimate of drug-likeness (QED) is 0.0264. The second-order valence-corrected chi connectivity index (χ2v) is 25.9. The number of methoxy groups -OCH3 is 2. The third-order valence-electron chi connectivity index (χ3n) is 12.9. The van der Waals surface area contributed by atoms with Crippen LogP contribution in [0.15, 0.2) is 84.9 Å². The first-order chi connectivity index (χ1) is 35.2. The molecule has 2 saturated carbocycles. The number of anilines is 2. The summed E-state index contributed by atoms with van der Waals surface area (Å²) in [5.74, 6) is -0.977. The summed E-state index contributed by atoms with van der Waals surface area (Å²) in [5.41, 5.74) is 8.56. The molecule has 1 amide bonds. The van der Waals surface area contributed by atoms with Crippen LogP contribution in [0.2, 0.25) is 20.1 Å². The zero-order chi connectivity index (χ0) is 55.7. The van der Waals surface area contributed by atoms with Gasteiger partial charge in [0.15, 0.2) is 0 Å². The number of nitrogens with two attached hydrogens (primary N) is 1. The van der Waals surface area contributed by atoms with Crippen LogP contribution in [0.25, 0.3) is 0 Å². The first-order valence-electron chi connectivity index (χ1n) is 23.7. The number of ether oxygens (including phenoxy) is 2. The molecule has 2 atom stereocenters. The minimum atomic E-state index is -3.05. The van der Waals surface area contributed by atoms with Gasteiger partial charge in [0, 0.05) is 59.1 Å². The topological polar surface area (TPSA) is 217 Å². The Hall–Kier alpha value is -4.11. The smallest absolute Gasteiger partial charge is 0.328 e. The van der Waals surface area contributed by atoms with Crippen molar-refractivity contribution in [3.8, 4) is 0 Å². The summed E-state index contributed by atoms with van der Waals surface area (Å²) in [5, 5.41) is 9.59. The number of sulfone groups is 2. The van der Waals surface area contributed by atoms with Crippen molar-refractivity contribution in [1.82, 2.24) is 10.6 Å². The van der Waals surface area contributed by atoms with Crippen LogP contribution in [0.4, 0.5) is 11.4 Å². The number of halogens is 5. The summed E-state index contributed by atoms with van der Waals surface area (Å²) in [6.07, 6.45) is 11.3. The van der Waals surface area contributed by atoms with E-state index in [4.69, 9.17) is 97.6 Å². The molecule has 4 aromatic rings. The van der Waals surface area contributed by atoms with Crippen LogP contribution in [0, 0.1) is 10.8 Å². The zero-order valence-corrected chi connectivity index (χ0v) is 48.9. The van der Waals surface area contributed by atoms with Gasteiger partial charge < -0.3 is 31.2 Å². The third-order valence-corrected chi connectivity index (χ3v) is 17.5. The van der Waals surface area contributed by atoms with E-state index in [1.165, 1.54) is 26.7 Å². The maximum absolute atomic E-state index is 12.6. The maximum atomic E-state index is 12.6. The van der Waals surface area contributed by atoms with E-state index in [2.05, 4.69) is 16.0 Å². The average Bonchev–Trinajstić information content (AvgIpc) is 3.30. The predicted octanol–water partition coefficient (Wildman–Crippen LogP) is 10.9. The molecule has 2 fully saturated rings. The van der Waals surface area contributed by atoms with Gasteiger partial charge in [0.05, 0.1) is 55.4 Å². The lowest BCUT2D eigenvalue weighted by Gasteiger charge is -2.43. The van der Waals surface area contributed by atoms with Gasteiger partial charge in [-0.25, -0.2) is 26.4 Å². The van der Waals surface area contributed by atoms with Crippen molar-refractivity contribution >= 4 is 147 Å². The molecule has 23 heteroatoms. The monoisotopic (exact) mass is 1200 g/mol. The van der Waals surface area contributed by atoms with Crippen LogP contribution in [0.1, 0.15) is 96.1 Å². The van der Waals surface area contributed by atoms with Crippen molar-refractivity contribution in [3.63, 3.8) is 0 Å². The number of hydrogen-bond donors (Lipinski definition) is 4. The first kappa shape index (κ1) is 63.4. The molecule has 0 aliphatic heterocycles. The van der Waals surface area contributed by atoms with E-state index in [0.29, 0.717) is 59.9 Å². The van der Waals surface area contributed by atoms with Crippen LogP contribution in [-0.4, -0.2) is 100 Å². The number of thiocarbonyl (C=S) groups is 2. The molecule has 0 heterocycles. The van der Waals surface area contributed by atoms with E-state index < -0.39 is 48.9 Å². The van der Waals surface area contributed by atoms with Gasteiger partial charge in [0.1, 0.15) is 31.8 Å². The molecule has 0 bridgehead atoms. The van der Waals surface area contributed by atoms with Crippen LogP contribution in [0.3, 0.4) is 0 Å². The predicted molar refractivity (Wildman–Crippen MR) is 309 cm³/mol. The second-order valence-electron chi connectivity index (χ2n) is 18.6. The van der Waals surface area contributed by atoms with Crippen molar-refractivity contribution in [1.29, 1.82) is 0 Å². The number of carbonyl (C=O) groups is 4. The second kappa shape index (κ2) is 29.0. The fraction of sp³-hybridized carbons (Fsp3) is 0.423. The van der Waals surface area contributed by atoms with Gasteiger partial charge >= 0.3 is 11.9 Å². The SMILES string of the molecule is COC(=O)[C@H](Cc1ccc(N)cc1)NC(=S)C1(CCCS(C)(=O)=O)CCC1.COC(=O)[C@H](Cc1ccc(NC(=O)c2c(Cl)cccc2Cl)cc1)NC(=S)C1(CCCS(C)(=O)=O)CCC1.O=C(Cl)c1c(Cl)cccc1Cl. The molecule has 408 valence electrons. The van der Waals surface area contributed by atoms with E-state index >= 15 is 0 Å². The number of amides is 1. The maximum Gasteiger partial charge on any atom is 0.328 e. The number of benzene rings is 4. The summed E-state index contributed by atoms with van der Waals surface area (Å²) in [7, 11) is -3.36. The molecule has 14 nitrogen and oxygen atoms in total. The van der Waals surface area contributed by atoms with Crippen LogP contribution < -0.4 is 21.7 Å². The lowest BCUT2D eigenvalue weighted by molar-refractivity contribution is -0.143. The highest BCUT2D eigenvalue weighted by Gasteiger charge is 2.43. The molecule has 0 unspecified atom stereocenters. The molecule has 0 aromatic heterocycles. The molecule has 2 aliphatic rings. The minimum absolute atomic E-state index is 0.114. The summed E-state index contributed by atoms with van der Waals surface area (Å²) >= 11 is 40.1. The van der Waals surface area contributed by atoms with E-state index in [0.717, 1.165) is 49.7 Å². The van der Waals surface area contributed by atoms with E-state index in [1.807, 2.05) is 12.1 Å².